The number of ether oxygens (including phenoxy) is 1. The molecule has 2 unspecified atom stereocenters. The van der Waals surface area contributed by atoms with Crippen molar-refractivity contribution < 1.29 is 48.3 Å². The molecule has 1 saturated carbocycles. The van der Waals surface area contributed by atoms with Gasteiger partial charge in [0.25, 0.3) is 0 Å². The Labute approximate surface area is 431 Å². The molecule has 368 valence electrons. The Hall–Kier alpha value is -7.74. The number of nitrogens with one attached hydrogen (secondary N) is 4. The molecule has 2 heterocycles. The Balaban J connectivity index is 0.00000347. The molecular weight excluding hydrogens is 944 g/mol. The minimum absolute atomic E-state index is 0. The average Bonchev–Trinajstić information content (AvgIpc) is 3.79. The smallest absolute Gasteiger partial charge is 0.239 e. The molecule has 13 nitrogen and oxygen atoms in total. The number of hydrogen-bond acceptors (Lipinski definition) is 9. The van der Waals surface area contributed by atoms with Gasteiger partial charge < -0.3 is 62.3 Å². The van der Waals surface area contributed by atoms with Crippen molar-refractivity contribution in [2.75, 3.05) is 48.3 Å². The molecule has 0 bridgehead atoms. The molecule has 1 aliphatic carbocycles. The summed E-state index contributed by atoms with van der Waals surface area (Å²) in [5.74, 6) is -0.766. The largest absolute Gasteiger partial charge is 1.00 e. The Morgan fingerprint density at radius 1 is 0.514 bits per heavy atom. The summed E-state index contributed by atoms with van der Waals surface area (Å²) in [6.45, 7) is 9.74. The average molecular weight is 1000 g/mol. The van der Waals surface area contributed by atoms with Gasteiger partial charge >= 0.3 is 0 Å². The summed E-state index contributed by atoms with van der Waals surface area (Å²) in [6, 6.07) is 46.4. The maximum Gasteiger partial charge on any atom is 0.239 e. The lowest BCUT2D eigenvalue weighted by atomic mass is 9.94. The van der Waals surface area contributed by atoms with Crippen LogP contribution in [0, 0.1) is 39.5 Å². The third-order valence-electron chi connectivity index (χ3n) is 13.6. The quantitative estimate of drug-likeness (QED) is 0.0414. The predicted octanol–water partition coefficient (Wildman–Crippen LogP) is 2.28. The van der Waals surface area contributed by atoms with E-state index in [0.717, 1.165) is 89.1 Å². The van der Waals surface area contributed by atoms with Gasteiger partial charge in [0.15, 0.2) is 0 Å². The molecule has 8 N–H and O–H groups in total. The summed E-state index contributed by atoms with van der Waals surface area (Å²) in [6.07, 6.45) is 0.542. The first kappa shape index (κ1) is 50.6. The number of benzene rings is 7. The number of nitrogens with two attached hydrogens (primary N) is 2. The van der Waals surface area contributed by atoms with Gasteiger partial charge in [-0.05, 0) is 99.2 Å². The fourth-order valence-corrected chi connectivity index (χ4v) is 9.83. The lowest BCUT2D eigenvalue weighted by molar-refractivity contribution is -0.538. The predicted molar refractivity (Wildman–Crippen MR) is 279 cm³/mol. The number of carbonyl (C=O) groups excluding carboxylic acids is 2. The van der Waals surface area contributed by atoms with E-state index in [1.54, 1.807) is 0 Å². The Morgan fingerprint density at radius 3 is 1.28 bits per heavy atom. The number of halogens is 2. The van der Waals surface area contributed by atoms with Crippen molar-refractivity contribution in [2.24, 2.45) is 11.8 Å². The number of amides is 2. The standard InChI is InChI=1S/C57H56N10O3.2ClH/c1-34-24-48-52(30-44(34)58)66(38-14-8-5-9-15-38)54-32-46(36(3)26-50(54)64-48)60-20-22-62-56(68)42-28-41(70-40-18-12-7-13-19-40)29-43(42)57(69)63-23-21-61-47-33-55-51(27-37(47)4)65-49-25-35(2)45(59)31-53(49)67(55)39-16-10-6-11-17-39;;/h5-19,24-27,30-33,41-43H,20-23,28-29H2,1-4H3,(H6,58,59,60,61,62,63,68,69);2*1H. The van der Waals surface area contributed by atoms with Crippen molar-refractivity contribution >= 4 is 78.7 Å². The zero-order valence-corrected chi connectivity index (χ0v) is 42.2. The first-order valence-corrected chi connectivity index (χ1v) is 24.0. The molecule has 10 rings (SSSR count). The van der Waals surface area contributed by atoms with Crippen LogP contribution in [-0.2, 0) is 9.59 Å². The van der Waals surface area contributed by atoms with Gasteiger partial charge in [-0.2, -0.15) is 0 Å². The monoisotopic (exact) mass is 1000 g/mol. The van der Waals surface area contributed by atoms with Crippen molar-refractivity contribution in [1.29, 1.82) is 0 Å². The molecule has 9 aromatic rings. The molecule has 0 spiro atoms. The lowest BCUT2D eigenvalue weighted by Crippen LogP contribution is -3.00. The zero-order valence-electron chi connectivity index (χ0n) is 40.7. The molecule has 1 fully saturated rings. The van der Waals surface area contributed by atoms with Gasteiger partial charge in [-0.3, -0.25) is 9.59 Å². The van der Waals surface area contributed by atoms with Crippen LogP contribution in [0.3, 0.4) is 0 Å². The maximum absolute atomic E-state index is 14.1. The Morgan fingerprint density at radius 2 is 0.875 bits per heavy atom. The number of para-hydroxylation sites is 3. The number of hydrogen-bond donors (Lipinski definition) is 6. The number of nitrogens with zero attached hydrogens (tertiary/aromatic N) is 4. The molecule has 0 saturated heterocycles. The maximum atomic E-state index is 14.1. The summed E-state index contributed by atoms with van der Waals surface area (Å²) in [7, 11) is 0. The molecule has 2 atom stereocenters. The third-order valence-corrected chi connectivity index (χ3v) is 13.6. The minimum Gasteiger partial charge on any atom is -1.00 e. The van der Waals surface area contributed by atoms with E-state index >= 15 is 0 Å². The van der Waals surface area contributed by atoms with Gasteiger partial charge in [0.1, 0.15) is 33.9 Å². The van der Waals surface area contributed by atoms with Gasteiger partial charge in [-0.15, -0.1) is 9.13 Å². The first-order valence-electron chi connectivity index (χ1n) is 24.0. The highest BCUT2D eigenvalue weighted by atomic mass is 35.5. The number of aromatic nitrogens is 4. The summed E-state index contributed by atoms with van der Waals surface area (Å²) in [4.78, 5) is 38.2. The molecular formula is C57H58Cl2N10O3. The van der Waals surface area contributed by atoms with Crippen LogP contribution < -0.4 is 71.4 Å². The zero-order chi connectivity index (χ0) is 48.5. The number of anilines is 4. The van der Waals surface area contributed by atoms with Crippen LogP contribution in [0.25, 0.3) is 55.5 Å². The highest BCUT2D eigenvalue weighted by molar-refractivity contribution is 5.90. The molecule has 1 aliphatic rings. The SMILES string of the molecule is Cc1cc2nc3cc(C)c(NCCNC(=O)C4CC(Oc5ccccc5)CC4C(=O)NCCNc4cc5c(cc4C)nc4cc(C)c(N)cc4[n+]5-c4ccccc4)cc3[n+](-c3ccccc3)c2cc1N.[Cl-].[Cl-]. The number of nitrogen functional groups attached to an aromatic ring is 2. The van der Waals surface area contributed by atoms with Gasteiger partial charge in [0.2, 0.25) is 45.3 Å². The number of fused-ring (bicyclic) bond motifs is 4. The van der Waals surface area contributed by atoms with Crippen LogP contribution >= 0.6 is 0 Å². The molecule has 2 aromatic heterocycles. The van der Waals surface area contributed by atoms with E-state index in [4.69, 9.17) is 26.2 Å². The summed E-state index contributed by atoms with van der Waals surface area (Å²) >= 11 is 0. The second-order valence-corrected chi connectivity index (χ2v) is 18.4. The van der Waals surface area contributed by atoms with E-state index in [9.17, 15) is 9.59 Å². The van der Waals surface area contributed by atoms with Crippen LogP contribution in [0.2, 0.25) is 0 Å². The number of aryl methyl sites for hydroxylation is 4. The Kier molecular flexibility index (Phi) is 15.3. The number of carbonyl (C=O) groups is 2. The second kappa shape index (κ2) is 21.7. The van der Waals surface area contributed by atoms with Crippen molar-refractivity contribution in [2.45, 2.75) is 46.6 Å². The summed E-state index contributed by atoms with van der Waals surface area (Å²) in [5.41, 5.74) is 29.2. The molecule has 15 heteroatoms. The van der Waals surface area contributed by atoms with Crippen molar-refractivity contribution in [3.05, 3.63) is 162 Å². The van der Waals surface area contributed by atoms with Crippen LogP contribution in [0.1, 0.15) is 35.1 Å². The van der Waals surface area contributed by atoms with E-state index in [2.05, 4.69) is 92.8 Å². The van der Waals surface area contributed by atoms with Crippen LogP contribution in [-0.4, -0.2) is 54.1 Å². The summed E-state index contributed by atoms with van der Waals surface area (Å²) in [5, 5.41) is 13.4. The van der Waals surface area contributed by atoms with Crippen molar-refractivity contribution in [3.63, 3.8) is 0 Å². The molecule has 7 aromatic carbocycles. The first-order chi connectivity index (χ1) is 34.0. The molecule has 72 heavy (non-hydrogen) atoms. The van der Waals surface area contributed by atoms with Crippen molar-refractivity contribution in [1.82, 2.24) is 20.6 Å². The van der Waals surface area contributed by atoms with Gasteiger partial charge in [0, 0.05) is 97.5 Å². The lowest BCUT2D eigenvalue weighted by Gasteiger charge is -2.19. The van der Waals surface area contributed by atoms with Crippen LogP contribution in [0.4, 0.5) is 22.7 Å². The topological polar surface area (TPSA) is 177 Å². The van der Waals surface area contributed by atoms with Gasteiger partial charge in [0.05, 0.1) is 11.8 Å². The van der Waals surface area contributed by atoms with Crippen molar-refractivity contribution in [3.8, 4) is 17.1 Å². The molecule has 0 radical (unpaired) electrons. The van der Waals surface area contributed by atoms with Gasteiger partial charge in [-0.1, -0.05) is 54.6 Å². The third kappa shape index (κ3) is 10.3. The normalized spacial score (nSPS) is 15.2. The van der Waals surface area contributed by atoms with Crippen LogP contribution in [0.5, 0.6) is 5.75 Å². The highest BCUT2D eigenvalue weighted by Crippen LogP contribution is 2.36. The highest BCUT2D eigenvalue weighted by Gasteiger charge is 2.43. The molecule has 0 aliphatic heterocycles. The number of rotatable bonds is 14. The minimum atomic E-state index is -0.569. The fraction of sp³-hybridized carbons (Fsp3) is 0.228. The summed E-state index contributed by atoms with van der Waals surface area (Å²) < 4.78 is 10.7. The van der Waals surface area contributed by atoms with Gasteiger partial charge in [-0.25, -0.2) is 9.97 Å². The Bertz CT molecular complexity index is 3250. The van der Waals surface area contributed by atoms with E-state index < -0.39 is 11.8 Å². The van der Waals surface area contributed by atoms with Crippen LogP contribution in [0.15, 0.2) is 140 Å². The van der Waals surface area contributed by atoms with E-state index in [1.807, 2.05) is 105 Å². The van der Waals surface area contributed by atoms with E-state index in [0.29, 0.717) is 56.1 Å². The molecule has 2 amide bonds. The van der Waals surface area contributed by atoms with E-state index in [-0.39, 0.29) is 42.7 Å². The fourth-order valence-electron chi connectivity index (χ4n) is 9.83. The van der Waals surface area contributed by atoms with E-state index in [1.165, 1.54) is 0 Å². The second-order valence-electron chi connectivity index (χ2n) is 18.4.